The fourth-order valence-electron chi connectivity index (χ4n) is 10.2. The summed E-state index contributed by atoms with van der Waals surface area (Å²) in [5.41, 5.74) is 5.22. The zero-order valence-electron chi connectivity index (χ0n) is 25.4. The molecule has 12 heteroatoms. The van der Waals surface area contributed by atoms with Crippen LogP contribution in [0.25, 0.3) is 0 Å². The minimum Gasteiger partial charge on any atom is -0.458 e. The summed E-state index contributed by atoms with van der Waals surface area (Å²) in [7, 11) is 1.56. The maximum Gasteiger partial charge on any atom is 0.332 e. The van der Waals surface area contributed by atoms with Crippen molar-refractivity contribution in [3.05, 3.63) is 11.6 Å². The lowest BCUT2D eigenvalue weighted by molar-refractivity contribution is -0.284. The van der Waals surface area contributed by atoms with Crippen LogP contribution >= 0.6 is 0 Å². The number of hydrogen-bond acceptors (Lipinski definition) is 10. The molecule has 240 valence electrons. The number of rotatable bonds is 6. The summed E-state index contributed by atoms with van der Waals surface area (Å²) in [5, 5.41) is 39.7. The number of carbonyl (C=O) groups is 2. The minimum absolute atomic E-state index is 0.0586. The number of esters is 1. The van der Waals surface area contributed by atoms with Crippen LogP contribution in [0.4, 0.5) is 4.79 Å². The van der Waals surface area contributed by atoms with Crippen molar-refractivity contribution in [1.29, 1.82) is 0 Å². The number of aliphatic hydroxyl groups is 3. The highest BCUT2D eigenvalue weighted by Crippen LogP contribution is 2.70. The summed E-state index contributed by atoms with van der Waals surface area (Å²) in [6.45, 7) is 4.23. The van der Waals surface area contributed by atoms with Gasteiger partial charge in [0, 0.05) is 43.1 Å². The monoisotopic (exact) mass is 605 g/mol. The molecule has 4 saturated carbocycles. The summed E-state index contributed by atoms with van der Waals surface area (Å²) in [6, 6.07) is -0.783. The minimum atomic E-state index is -1.20. The Morgan fingerprint density at radius 3 is 2.63 bits per heavy atom. The molecule has 0 bridgehead atoms. The van der Waals surface area contributed by atoms with Crippen LogP contribution in [0.1, 0.15) is 78.1 Å². The second kappa shape index (κ2) is 11.1. The quantitative estimate of drug-likeness (QED) is 0.131. The van der Waals surface area contributed by atoms with Crippen LogP contribution in [0.15, 0.2) is 16.8 Å². The predicted octanol–water partition coefficient (Wildman–Crippen LogP) is 1.89. The molecule has 2 heterocycles. The molecule has 2 aliphatic heterocycles. The van der Waals surface area contributed by atoms with E-state index >= 15 is 0 Å². The van der Waals surface area contributed by atoms with E-state index in [0.717, 1.165) is 24.8 Å². The summed E-state index contributed by atoms with van der Waals surface area (Å²) >= 11 is 0. The van der Waals surface area contributed by atoms with E-state index in [1.54, 1.807) is 26.3 Å². The van der Waals surface area contributed by atoms with Crippen molar-refractivity contribution in [2.24, 2.45) is 39.4 Å². The van der Waals surface area contributed by atoms with Crippen molar-refractivity contribution < 1.29 is 43.9 Å². The van der Waals surface area contributed by atoms with Crippen LogP contribution < -0.4 is 11.2 Å². The zero-order valence-corrected chi connectivity index (χ0v) is 25.4. The van der Waals surface area contributed by atoms with Crippen molar-refractivity contribution >= 4 is 18.2 Å². The van der Waals surface area contributed by atoms with Crippen LogP contribution in [0, 0.1) is 28.6 Å². The molecule has 12 atom stereocenters. The van der Waals surface area contributed by atoms with E-state index in [4.69, 9.17) is 24.7 Å². The Bertz CT molecular complexity index is 1180. The standard InChI is InChI=1S/C31H47N3O9/c1-17-26(36)23(40-3)13-25(42-17)43-19-4-9-29(16-33-34-27(32)37)21-5-8-28(2)20(18-12-24(35)41-15-18)7-11-31(28,39)22(21)6-10-30(29,38)14-19/h12,16-17,19-23,25-26,36,38-39H,4-11,13-15H2,1-3H3,(H3,32,34,37)/t17?,19?,20-,21-,22?,23?,25?,26?,28+,29-,30?,31?/m0/s1. The number of ether oxygens (including phenoxy) is 4. The van der Waals surface area contributed by atoms with Gasteiger partial charge in [0.25, 0.3) is 0 Å². The van der Waals surface area contributed by atoms with E-state index in [0.29, 0.717) is 44.9 Å². The first-order valence-corrected chi connectivity index (χ1v) is 15.8. The highest BCUT2D eigenvalue weighted by molar-refractivity contribution is 5.85. The number of primary amides is 1. The van der Waals surface area contributed by atoms with E-state index in [1.165, 1.54) is 0 Å². The maximum atomic E-state index is 12.6. The van der Waals surface area contributed by atoms with Crippen molar-refractivity contribution in [3.63, 3.8) is 0 Å². The summed E-state index contributed by atoms with van der Waals surface area (Å²) in [6.07, 6.45) is 6.66. The van der Waals surface area contributed by atoms with E-state index < -0.39 is 52.7 Å². The van der Waals surface area contributed by atoms with Gasteiger partial charge in [-0.1, -0.05) is 6.92 Å². The molecule has 0 aromatic carbocycles. The molecule has 5 fully saturated rings. The largest absolute Gasteiger partial charge is 0.458 e. The third-order valence-corrected chi connectivity index (χ3v) is 12.4. The van der Waals surface area contributed by atoms with Crippen LogP contribution in [-0.4, -0.2) is 89.2 Å². The van der Waals surface area contributed by atoms with Gasteiger partial charge in [0.15, 0.2) is 6.29 Å². The number of nitrogens with zero attached hydrogens (tertiary/aromatic N) is 1. The summed E-state index contributed by atoms with van der Waals surface area (Å²) < 4.78 is 23.1. The van der Waals surface area contributed by atoms with Gasteiger partial charge in [0.1, 0.15) is 12.7 Å². The Morgan fingerprint density at radius 2 is 1.93 bits per heavy atom. The molecule has 2 amide bonds. The van der Waals surface area contributed by atoms with Gasteiger partial charge in [-0.05, 0) is 81.6 Å². The first-order chi connectivity index (χ1) is 20.4. The van der Waals surface area contributed by atoms with Gasteiger partial charge in [-0.2, -0.15) is 5.10 Å². The van der Waals surface area contributed by atoms with E-state index in [9.17, 15) is 24.9 Å². The average Bonchev–Trinajstić information content (AvgIpc) is 3.50. The van der Waals surface area contributed by atoms with Crippen LogP contribution in [0.2, 0.25) is 0 Å². The highest BCUT2D eigenvalue weighted by Gasteiger charge is 2.71. The van der Waals surface area contributed by atoms with Crippen molar-refractivity contribution in [3.8, 4) is 0 Å². The Labute approximate surface area is 252 Å². The fourth-order valence-corrected chi connectivity index (χ4v) is 10.2. The first-order valence-electron chi connectivity index (χ1n) is 15.8. The molecule has 4 aliphatic carbocycles. The number of carbonyl (C=O) groups excluding carboxylic acids is 2. The van der Waals surface area contributed by atoms with Gasteiger partial charge >= 0.3 is 12.0 Å². The third kappa shape index (κ3) is 4.84. The molecule has 6 aliphatic rings. The number of urea groups is 1. The van der Waals surface area contributed by atoms with Gasteiger partial charge in [-0.15, -0.1) is 0 Å². The number of amides is 2. The lowest BCUT2D eigenvalue weighted by Crippen LogP contribution is -2.69. The molecule has 8 unspecified atom stereocenters. The lowest BCUT2D eigenvalue weighted by atomic mass is 9.41. The molecule has 6 rings (SSSR count). The van der Waals surface area contributed by atoms with Crippen molar-refractivity contribution in [2.75, 3.05) is 13.7 Å². The second-order valence-corrected chi connectivity index (χ2v) is 14.1. The number of cyclic esters (lactones) is 1. The van der Waals surface area contributed by atoms with E-state index in [2.05, 4.69) is 17.5 Å². The first kappa shape index (κ1) is 30.9. The van der Waals surface area contributed by atoms with Crippen LogP contribution in [0.3, 0.4) is 0 Å². The molecule has 0 spiro atoms. The number of hydrazone groups is 1. The van der Waals surface area contributed by atoms with E-state index in [1.807, 2.05) is 0 Å². The molecule has 43 heavy (non-hydrogen) atoms. The van der Waals surface area contributed by atoms with Crippen LogP contribution in [0.5, 0.6) is 0 Å². The summed E-state index contributed by atoms with van der Waals surface area (Å²) in [5.74, 6) is -0.442. The number of hydrogen-bond donors (Lipinski definition) is 5. The number of nitrogens with one attached hydrogen (secondary N) is 1. The summed E-state index contributed by atoms with van der Waals surface area (Å²) in [4.78, 5) is 23.5. The Hall–Kier alpha value is -2.09. The molecule has 1 saturated heterocycles. The highest BCUT2D eigenvalue weighted by atomic mass is 16.7. The number of methoxy groups -OCH3 is 1. The molecular weight excluding hydrogens is 558 g/mol. The van der Waals surface area contributed by atoms with Gasteiger partial charge < -0.3 is 40.0 Å². The number of aliphatic hydroxyl groups excluding tert-OH is 1. The lowest BCUT2D eigenvalue weighted by Gasteiger charge is -2.66. The Balaban J connectivity index is 1.27. The molecule has 0 aromatic rings. The molecule has 12 nitrogen and oxygen atoms in total. The van der Waals surface area contributed by atoms with Gasteiger partial charge in [-0.25, -0.2) is 15.0 Å². The fraction of sp³-hybridized carbons (Fsp3) is 0.839. The molecule has 0 radical (unpaired) electrons. The smallest absolute Gasteiger partial charge is 0.332 e. The predicted molar refractivity (Wildman–Crippen MR) is 153 cm³/mol. The van der Waals surface area contributed by atoms with Crippen molar-refractivity contribution in [1.82, 2.24) is 5.43 Å². The Kier molecular flexibility index (Phi) is 7.95. The Morgan fingerprint density at radius 1 is 1.16 bits per heavy atom. The van der Waals surface area contributed by atoms with Gasteiger partial charge in [0.05, 0.1) is 29.5 Å². The number of nitrogens with two attached hydrogens (primary N) is 1. The molecular formula is C31H47N3O9. The van der Waals surface area contributed by atoms with Gasteiger partial charge in [0.2, 0.25) is 0 Å². The SMILES string of the molecule is COC1CC(OC2CC[C@]3(C=NNC(N)=O)[C@H]4CC[C@]5(C)[C@H](C6=CC(=O)OC6)CCC5(O)C4CCC3(O)C2)OC(C)C1O. The normalized spacial score (nSPS) is 49.5. The van der Waals surface area contributed by atoms with Crippen LogP contribution in [-0.2, 0) is 23.7 Å². The third-order valence-electron chi connectivity index (χ3n) is 12.4. The molecule has 6 N–H and O–H groups in total. The average molecular weight is 606 g/mol. The van der Waals surface area contributed by atoms with E-state index in [-0.39, 0.29) is 36.4 Å². The van der Waals surface area contributed by atoms with Gasteiger partial charge in [-0.3, -0.25) is 0 Å². The van der Waals surface area contributed by atoms with Crippen molar-refractivity contribution in [2.45, 2.75) is 120 Å². The number of fused-ring (bicyclic) bond motifs is 5. The zero-order chi connectivity index (χ0) is 30.8. The maximum absolute atomic E-state index is 12.6. The molecule has 0 aromatic heterocycles. The topological polar surface area (TPSA) is 182 Å². The second-order valence-electron chi connectivity index (χ2n) is 14.1.